The second-order valence-corrected chi connectivity index (χ2v) is 25.8. The first-order chi connectivity index (χ1) is 30.6. The monoisotopic (exact) mass is 882 g/mol. The predicted octanol–water partition coefficient (Wildman–Crippen LogP) is 12.0. The van der Waals surface area contributed by atoms with Crippen molar-refractivity contribution in [1.82, 2.24) is 29.6 Å². The van der Waals surface area contributed by atoms with Crippen LogP contribution in [-0.2, 0) is 17.8 Å². The summed E-state index contributed by atoms with van der Waals surface area (Å²) in [5.41, 5.74) is 12.8. The zero-order valence-corrected chi connectivity index (χ0v) is 39.4. The Bertz CT molecular complexity index is 2750. The second-order valence-electron chi connectivity index (χ2n) is 19.2. The minimum atomic E-state index is -2.05. The van der Waals surface area contributed by atoms with Crippen LogP contribution >= 0.6 is 11.3 Å². The van der Waals surface area contributed by atoms with E-state index in [2.05, 4.69) is 92.9 Å². The first kappa shape index (κ1) is 42.3. The van der Waals surface area contributed by atoms with E-state index in [1.54, 1.807) is 11.3 Å². The lowest BCUT2D eigenvalue weighted by atomic mass is 9.84. The summed E-state index contributed by atoms with van der Waals surface area (Å²) < 4.78 is 37.4. The third kappa shape index (κ3) is 7.46. The van der Waals surface area contributed by atoms with Gasteiger partial charge in [0.2, 0.25) is 5.88 Å². The summed E-state index contributed by atoms with van der Waals surface area (Å²) in [5, 5.41) is 7.91. The van der Waals surface area contributed by atoms with Gasteiger partial charge in [-0.1, -0.05) is 83.9 Å². The van der Waals surface area contributed by atoms with Crippen molar-refractivity contribution in [1.29, 1.82) is 0 Å². The van der Waals surface area contributed by atoms with Gasteiger partial charge in [0.15, 0.2) is 6.23 Å². The molecule has 12 heteroatoms. The zero-order chi connectivity index (χ0) is 43.5. The highest BCUT2D eigenvalue weighted by Crippen LogP contribution is 2.49. The lowest BCUT2D eigenvalue weighted by Crippen LogP contribution is -2.43. The maximum absolute atomic E-state index is 14.8. The number of alkyl halides is 1. The standard InChI is InChI=1S/C51H59FN6O3SSi/c1-32(2)63(33(3)4,34(5)6)25-20-36-16-12-17-37-26-41-40(28-54-58(41)42-18-10-11-24-59-42)44(43(36)37)46-47-39(19-22-53-46)45-48(60-30-35-14-8-7-9-15-35)55-50(56-49(45)62-47)61-31-51-21-13-23-57(51)29-38(52)27-51/h7-9,14-16,19,22,26,28,32-34,38,42H,10-13,17-18,21,23-24,27,29-31H2,1-6H3/t38-,42?,51+/m1/s1. The normalized spacial score (nSPS) is 21.7. The van der Waals surface area contributed by atoms with E-state index in [-0.39, 0.29) is 17.8 Å². The number of ether oxygens (including phenoxy) is 3. The number of aromatic nitrogens is 5. The van der Waals surface area contributed by atoms with E-state index in [1.807, 2.05) is 30.6 Å². The molecule has 0 amide bonds. The van der Waals surface area contributed by atoms with Gasteiger partial charge < -0.3 is 14.2 Å². The molecular formula is C51H59FN6O3SSi. The number of thiophene rings is 1. The van der Waals surface area contributed by atoms with Crippen LogP contribution in [0.3, 0.4) is 0 Å². The summed E-state index contributed by atoms with van der Waals surface area (Å²) >= 11 is 1.59. The van der Waals surface area contributed by atoms with Gasteiger partial charge >= 0.3 is 6.01 Å². The van der Waals surface area contributed by atoms with Gasteiger partial charge in [0, 0.05) is 53.2 Å². The van der Waals surface area contributed by atoms with Crippen LogP contribution in [0.5, 0.6) is 11.9 Å². The predicted molar refractivity (Wildman–Crippen MR) is 255 cm³/mol. The number of allylic oxidation sites excluding steroid dienone is 2. The topological polar surface area (TPSA) is 87.4 Å². The number of benzene rings is 2. The molecule has 3 aliphatic heterocycles. The maximum Gasteiger partial charge on any atom is 0.321 e. The largest absolute Gasteiger partial charge is 0.472 e. The zero-order valence-electron chi connectivity index (χ0n) is 37.5. The quantitative estimate of drug-likeness (QED) is 0.0939. The van der Waals surface area contributed by atoms with Crippen molar-refractivity contribution in [2.75, 3.05) is 26.3 Å². The number of aryl methyl sites for hydroxylation is 1. The molecule has 63 heavy (non-hydrogen) atoms. The molecule has 2 aromatic carbocycles. The number of fused-ring (bicyclic) bond motifs is 6. The average Bonchev–Trinajstić information content (AvgIpc) is 4.05. The molecule has 0 N–H and O–H groups in total. The van der Waals surface area contributed by atoms with Gasteiger partial charge in [-0.15, -0.1) is 16.9 Å². The number of hydrogen-bond acceptors (Lipinski definition) is 9. The summed E-state index contributed by atoms with van der Waals surface area (Å²) in [6.07, 6.45) is 12.7. The van der Waals surface area contributed by atoms with Gasteiger partial charge in [0.05, 0.1) is 33.0 Å². The number of rotatable bonds is 11. The van der Waals surface area contributed by atoms with Crippen molar-refractivity contribution in [3.05, 3.63) is 77.6 Å². The molecule has 3 atom stereocenters. The Morgan fingerprint density at radius 2 is 1.81 bits per heavy atom. The van der Waals surface area contributed by atoms with E-state index in [0.717, 1.165) is 117 Å². The van der Waals surface area contributed by atoms with Crippen molar-refractivity contribution in [2.24, 2.45) is 0 Å². The molecule has 0 bridgehead atoms. The van der Waals surface area contributed by atoms with Crippen LogP contribution in [0.15, 0.2) is 60.9 Å². The van der Waals surface area contributed by atoms with Crippen LogP contribution in [0.25, 0.3) is 48.0 Å². The highest BCUT2D eigenvalue weighted by molar-refractivity contribution is 7.26. The van der Waals surface area contributed by atoms with Crippen LogP contribution < -0.4 is 9.47 Å². The van der Waals surface area contributed by atoms with Crippen molar-refractivity contribution < 1.29 is 18.6 Å². The van der Waals surface area contributed by atoms with Crippen LogP contribution in [0, 0.1) is 11.5 Å². The summed E-state index contributed by atoms with van der Waals surface area (Å²) in [5.74, 6) is 4.36. The van der Waals surface area contributed by atoms with E-state index in [0.29, 0.717) is 48.7 Å². The Kier molecular flexibility index (Phi) is 11.4. The smallest absolute Gasteiger partial charge is 0.321 e. The van der Waals surface area contributed by atoms with Crippen LogP contribution in [0.2, 0.25) is 16.6 Å². The molecule has 0 saturated carbocycles. The fourth-order valence-electron chi connectivity index (χ4n) is 11.6. The molecule has 10 rings (SSSR count). The van der Waals surface area contributed by atoms with Crippen molar-refractivity contribution in [3.8, 4) is 34.6 Å². The minimum absolute atomic E-state index is 0.114. The molecule has 9 nitrogen and oxygen atoms in total. The van der Waals surface area contributed by atoms with Gasteiger partial charge in [-0.3, -0.25) is 9.88 Å². The fraction of sp³-hybridized carbons (Fsp3) is 0.490. The number of nitrogens with zero attached hydrogens (tertiary/aromatic N) is 6. The van der Waals surface area contributed by atoms with E-state index < -0.39 is 14.2 Å². The molecular weight excluding hydrogens is 824 g/mol. The molecule has 4 aliphatic rings. The molecule has 0 radical (unpaired) electrons. The molecule has 6 aromatic rings. The van der Waals surface area contributed by atoms with E-state index >= 15 is 0 Å². The third-order valence-corrected chi connectivity index (χ3v) is 22.0. The Balaban J connectivity index is 1.16. The SMILES string of the molecule is CC(C)[Si](C#CC1=CCCc2cc3c(cnn3C3CCCCO3)c(-c3nccc4c3sc3nc(OC[C@@]56CCCN5C[C@H](F)C6)nc(OCc5ccccc5)c34)c21)(C(C)C)C(C)C. The number of halogens is 1. The van der Waals surface area contributed by atoms with Crippen molar-refractivity contribution in [2.45, 2.75) is 134 Å². The molecule has 0 spiro atoms. The highest BCUT2D eigenvalue weighted by atomic mass is 32.1. The van der Waals surface area contributed by atoms with Gasteiger partial charge in [0.1, 0.15) is 32.3 Å². The molecule has 7 heterocycles. The van der Waals surface area contributed by atoms with E-state index in [4.69, 9.17) is 34.3 Å². The molecule has 328 valence electrons. The Labute approximate surface area is 375 Å². The summed E-state index contributed by atoms with van der Waals surface area (Å²) in [6, 6.07) is 14.8. The van der Waals surface area contributed by atoms with Crippen LogP contribution in [0.1, 0.15) is 109 Å². The van der Waals surface area contributed by atoms with Crippen LogP contribution in [-0.4, -0.2) is 75.7 Å². The fourth-order valence-corrected chi connectivity index (χ4v) is 18.0. The summed E-state index contributed by atoms with van der Waals surface area (Å²) in [4.78, 5) is 18.4. The Morgan fingerprint density at radius 1 is 0.984 bits per heavy atom. The van der Waals surface area contributed by atoms with Crippen molar-refractivity contribution >= 4 is 56.2 Å². The summed E-state index contributed by atoms with van der Waals surface area (Å²) in [7, 11) is -2.05. The molecule has 1 unspecified atom stereocenters. The lowest BCUT2D eigenvalue weighted by Gasteiger charge is -2.38. The van der Waals surface area contributed by atoms with Gasteiger partial charge in [0.25, 0.3) is 0 Å². The lowest BCUT2D eigenvalue weighted by molar-refractivity contribution is -0.0366. The van der Waals surface area contributed by atoms with E-state index in [9.17, 15) is 4.39 Å². The van der Waals surface area contributed by atoms with Crippen LogP contribution in [0.4, 0.5) is 4.39 Å². The van der Waals surface area contributed by atoms with Gasteiger partial charge in [-0.2, -0.15) is 15.1 Å². The minimum Gasteiger partial charge on any atom is -0.472 e. The Morgan fingerprint density at radius 3 is 2.59 bits per heavy atom. The molecule has 4 aromatic heterocycles. The maximum atomic E-state index is 14.8. The highest BCUT2D eigenvalue weighted by Gasteiger charge is 2.49. The first-order valence-electron chi connectivity index (χ1n) is 23.2. The van der Waals surface area contributed by atoms with Gasteiger partial charge in [-0.05, 0) is 91.4 Å². The molecule has 1 aliphatic carbocycles. The number of pyridine rings is 1. The first-order valence-corrected chi connectivity index (χ1v) is 26.3. The molecule has 3 fully saturated rings. The van der Waals surface area contributed by atoms with Gasteiger partial charge in [-0.25, -0.2) is 9.07 Å². The second kappa shape index (κ2) is 17.0. The van der Waals surface area contributed by atoms with E-state index in [1.165, 1.54) is 5.56 Å². The number of hydrogen-bond donors (Lipinski definition) is 0. The third-order valence-electron chi connectivity index (χ3n) is 14.6. The molecule has 3 saturated heterocycles. The summed E-state index contributed by atoms with van der Waals surface area (Å²) in [6.45, 7) is 17.0. The average molecular weight is 883 g/mol. The van der Waals surface area contributed by atoms with Crippen molar-refractivity contribution in [3.63, 3.8) is 0 Å². The Hall–Kier alpha value is -4.67.